The monoisotopic (exact) mass is 424 g/mol. The molecule has 0 radical (unpaired) electrons. The van der Waals surface area contributed by atoms with Crippen molar-refractivity contribution in [3.05, 3.63) is 48.0 Å². The highest BCUT2D eigenvalue weighted by atomic mass is 16.5. The third-order valence-electron chi connectivity index (χ3n) is 6.00. The number of carbonyl (C=O) groups is 2. The predicted molar refractivity (Wildman–Crippen MR) is 119 cm³/mol. The van der Waals surface area contributed by atoms with Crippen LogP contribution in [0.5, 0.6) is 11.5 Å². The van der Waals surface area contributed by atoms with Crippen LogP contribution in [0.15, 0.2) is 42.5 Å². The van der Waals surface area contributed by atoms with Crippen LogP contribution in [0.4, 0.5) is 11.4 Å². The highest BCUT2D eigenvalue weighted by Gasteiger charge is 2.37. The van der Waals surface area contributed by atoms with Crippen LogP contribution in [0, 0.1) is 0 Å². The highest BCUT2D eigenvalue weighted by molar-refractivity contribution is 5.94. The number of fused-ring (bicyclic) bond motifs is 1. The number of benzene rings is 2. The minimum absolute atomic E-state index is 0.0106. The van der Waals surface area contributed by atoms with Crippen molar-refractivity contribution < 1.29 is 24.0 Å². The third-order valence-corrected chi connectivity index (χ3v) is 6.00. The average molecular weight is 425 g/mol. The Bertz CT molecular complexity index is 944. The van der Waals surface area contributed by atoms with Gasteiger partial charge in [-0.15, -0.1) is 0 Å². The molecule has 2 aliphatic heterocycles. The number of hydrogen-bond acceptors (Lipinski definition) is 4. The van der Waals surface area contributed by atoms with Crippen molar-refractivity contribution in [3.63, 3.8) is 0 Å². The molecule has 164 valence electrons. The quantitative estimate of drug-likeness (QED) is 0.689. The van der Waals surface area contributed by atoms with Crippen LogP contribution in [0.25, 0.3) is 0 Å². The van der Waals surface area contributed by atoms with E-state index >= 15 is 0 Å². The van der Waals surface area contributed by atoms with Crippen LogP contribution in [0.1, 0.15) is 44.7 Å². The minimum Gasteiger partial charge on any atom is -0.490 e. The van der Waals surface area contributed by atoms with Crippen molar-refractivity contribution in [2.75, 3.05) is 30.4 Å². The van der Waals surface area contributed by atoms with E-state index in [-0.39, 0.29) is 23.9 Å². The van der Waals surface area contributed by atoms with Crippen molar-refractivity contribution >= 4 is 23.2 Å². The second-order valence-electron chi connectivity index (χ2n) is 8.25. The van der Waals surface area contributed by atoms with Gasteiger partial charge in [0.15, 0.2) is 17.5 Å². The summed E-state index contributed by atoms with van der Waals surface area (Å²) in [5.41, 5.74) is 2.62. The fraction of sp³-hybridized carbons (Fsp3) is 0.417. The molecule has 2 aliphatic rings. The molecule has 7 nitrogen and oxygen atoms in total. The Kier molecular flexibility index (Phi) is 6.42. The van der Waals surface area contributed by atoms with Gasteiger partial charge in [-0.2, -0.15) is 0 Å². The molecule has 0 bridgehead atoms. The van der Waals surface area contributed by atoms with Crippen LogP contribution in [0.3, 0.4) is 0 Å². The molecule has 3 atom stereocenters. The van der Waals surface area contributed by atoms with Crippen molar-refractivity contribution in [2.24, 2.45) is 0 Å². The molecular weight excluding hydrogens is 394 g/mol. The number of nitrogens with one attached hydrogen (secondary N) is 3. The van der Waals surface area contributed by atoms with Gasteiger partial charge in [-0.05, 0) is 49.4 Å². The van der Waals surface area contributed by atoms with Gasteiger partial charge in [0.2, 0.25) is 5.91 Å². The molecule has 0 aromatic heterocycles. The first kappa shape index (κ1) is 21.2. The molecule has 1 saturated heterocycles. The maximum absolute atomic E-state index is 13.0. The van der Waals surface area contributed by atoms with Gasteiger partial charge < -0.3 is 25.0 Å². The van der Waals surface area contributed by atoms with E-state index < -0.39 is 0 Å². The second kappa shape index (κ2) is 9.39. The summed E-state index contributed by atoms with van der Waals surface area (Å²) in [5.74, 6) is 1.47. The van der Waals surface area contributed by atoms with Gasteiger partial charge in [-0.3, -0.25) is 9.59 Å². The topological polar surface area (TPSA) is 81.1 Å². The smallest absolute Gasteiger partial charge is 0.282 e. The van der Waals surface area contributed by atoms with Gasteiger partial charge in [0, 0.05) is 43.1 Å². The van der Waals surface area contributed by atoms with E-state index in [9.17, 15) is 9.59 Å². The first-order valence-electron chi connectivity index (χ1n) is 10.9. The summed E-state index contributed by atoms with van der Waals surface area (Å²) in [7, 11) is 0. The molecule has 1 fully saturated rings. The largest absolute Gasteiger partial charge is 0.490 e. The Morgan fingerprint density at radius 1 is 0.968 bits per heavy atom. The molecule has 7 heteroatoms. The minimum atomic E-state index is -0.196. The van der Waals surface area contributed by atoms with E-state index in [4.69, 9.17) is 9.47 Å². The molecular formula is C24H30N3O4+. The van der Waals surface area contributed by atoms with E-state index in [0.717, 1.165) is 43.0 Å². The van der Waals surface area contributed by atoms with Crippen LogP contribution in [-0.4, -0.2) is 37.6 Å². The van der Waals surface area contributed by atoms with Crippen LogP contribution in [-0.2, 0) is 9.59 Å². The van der Waals surface area contributed by atoms with Crippen molar-refractivity contribution in [3.8, 4) is 11.5 Å². The summed E-state index contributed by atoms with van der Waals surface area (Å²) in [5, 5.41) is 5.74. The van der Waals surface area contributed by atoms with Crippen molar-refractivity contribution in [2.45, 2.75) is 45.2 Å². The molecule has 0 spiro atoms. The lowest BCUT2D eigenvalue weighted by molar-refractivity contribution is -0.932. The lowest BCUT2D eigenvalue weighted by Gasteiger charge is -2.27. The number of anilines is 2. The average Bonchev–Trinajstić information content (AvgIpc) is 3.12. The summed E-state index contributed by atoms with van der Waals surface area (Å²) in [4.78, 5) is 25.4. The molecule has 31 heavy (non-hydrogen) atoms. The summed E-state index contributed by atoms with van der Waals surface area (Å²) >= 11 is 0. The van der Waals surface area contributed by atoms with E-state index in [1.807, 2.05) is 13.0 Å². The third kappa shape index (κ3) is 4.99. The second-order valence-corrected chi connectivity index (χ2v) is 8.25. The standard InChI is InChI=1S/C24H29N3O4/c1-16(24(29)26-20-9-7-19(8-10-20)25-17(2)28)27-12-3-5-21(27)18-6-11-22-23(15-18)31-14-4-13-30-22/h6-11,15-16,21H,3-5,12-14H2,1-2H3,(H,25,28)(H,26,29)/p+1/t16-,21+/m0/s1. The maximum atomic E-state index is 13.0. The van der Waals surface area contributed by atoms with E-state index in [1.165, 1.54) is 17.4 Å². The molecule has 2 aromatic carbocycles. The molecule has 2 amide bonds. The van der Waals surface area contributed by atoms with Gasteiger partial charge in [-0.1, -0.05) is 0 Å². The first-order chi connectivity index (χ1) is 15.0. The lowest BCUT2D eigenvalue weighted by atomic mass is 10.0. The zero-order chi connectivity index (χ0) is 21.8. The van der Waals surface area contributed by atoms with Crippen LogP contribution in [0.2, 0.25) is 0 Å². The van der Waals surface area contributed by atoms with Gasteiger partial charge in [-0.25, -0.2) is 0 Å². The molecule has 3 N–H and O–H groups in total. The Labute approximate surface area is 182 Å². The lowest BCUT2D eigenvalue weighted by Crippen LogP contribution is -3.15. The zero-order valence-corrected chi connectivity index (χ0v) is 18.1. The number of ether oxygens (including phenoxy) is 2. The fourth-order valence-electron chi connectivity index (χ4n) is 4.42. The Morgan fingerprint density at radius 3 is 2.35 bits per heavy atom. The first-order valence-corrected chi connectivity index (χ1v) is 10.9. The molecule has 0 aliphatic carbocycles. The van der Waals surface area contributed by atoms with Gasteiger partial charge in [0.25, 0.3) is 5.91 Å². The molecule has 4 rings (SSSR count). The van der Waals surface area contributed by atoms with Gasteiger partial charge >= 0.3 is 0 Å². The number of hydrogen-bond donors (Lipinski definition) is 3. The summed E-state index contributed by atoms with van der Waals surface area (Å²) in [6.07, 6.45) is 3.00. The molecule has 2 aromatic rings. The van der Waals surface area contributed by atoms with Crippen LogP contribution < -0.4 is 25.0 Å². The number of amides is 2. The fourth-order valence-corrected chi connectivity index (χ4v) is 4.42. The molecule has 1 unspecified atom stereocenters. The summed E-state index contributed by atoms with van der Waals surface area (Å²) < 4.78 is 11.6. The number of rotatable bonds is 5. The maximum Gasteiger partial charge on any atom is 0.282 e. The Balaban J connectivity index is 1.44. The summed E-state index contributed by atoms with van der Waals surface area (Å²) in [6, 6.07) is 13.4. The predicted octanol–water partition coefficient (Wildman–Crippen LogP) is 2.55. The van der Waals surface area contributed by atoms with E-state index in [1.54, 1.807) is 24.3 Å². The Hall–Kier alpha value is -3.06. The Morgan fingerprint density at radius 2 is 1.65 bits per heavy atom. The van der Waals surface area contributed by atoms with Gasteiger partial charge in [0.1, 0.15) is 6.04 Å². The van der Waals surface area contributed by atoms with E-state index in [2.05, 4.69) is 22.8 Å². The SMILES string of the molecule is CC(=O)Nc1ccc(NC(=O)[C@H](C)[NH+]2CCC[C@@H]2c2ccc3c(c2)OCCCO3)cc1. The normalized spacial score (nSPS) is 21.1. The number of likely N-dealkylation sites (tertiary alicyclic amines) is 1. The zero-order valence-electron chi connectivity index (χ0n) is 18.1. The molecule has 2 heterocycles. The van der Waals surface area contributed by atoms with Gasteiger partial charge in [0.05, 0.1) is 19.8 Å². The van der Waals surface area contributed by atoms with E-state index in [0.29, 0.717) is 18.9 Å². The molecule has 0 saturated carbocycles. The number of quaternary nitrogens is 1. The van der Waals surface area contributed by atoms with Crippen molar-refractivity contribution in [1.29, 1.82) is 0 Å². The highest BCUT2D eigenvalue weighted by Crippen LogP contribution is 2.33. The van der Waals surface area contributed by atoms with Crippen LogP contribution >= 0.6 is 0 Å². The van der Waals surface area contributed by atoms with Crippen molar-refractivity contribution in [1.82, 2.24) is 0 Å². The summed E-state index contributed by atoms with van der Waals surface area (Å²) in [6.45, 7) is 5.75. The number of carbonyl (C=O) groups excluding carboxylic acids is 2.